The zero-order valence-corrected chi connectivity index (χ0v) is 19.5. The van der Waals surface area contributed by atoms with Gasteiger partial charge < -0.3 is 21.1 Å². The van der Waals surface area contributed by atoms with Crippen LogP contribution in [0, 0.1) is 5.41 Å². The van der Waals surface area contributed by atoms with Crippen LogP contribution in [0.25, 0.3) is 0 Å². The van der Waals surface area contributed by atoms with Gasteiger partial charge in [-0.1, -0.05) is 32.4 Å². The lowest BCUT2D eigenvalue weighted by atomic mass is 9.85. The van der Waals surface area contributed by atoms with E-state index in [2.05, 4.69) is 16.0 Å². The average Bonchev–Trinajstić information content (AvgIpc) is 2.66. The SMILES string of the molecule is CNC(=O)C(Nc1c(Nc2ccc(Cl)c(S(=O)(=O)N(C)C)c2O)c(=O)c1=O)C(C)(C)C. The van der Waals surface area contributed by atoms with Gasteiger partial charge in [0, 0.05) is 21.1 Å². The van der Waals surface area contributed by atoms with Crippen molar-refractivity contribution in [2.75, 3.05) is 31.8 Å². The highest BCUT2D eigenvalue weighted by Crippen LogP contribution is 2.39. The molecule has 0 aliphatic rings. The fourth-order valence-electron chi connectivity index (χ4n) is 2.82. The number of amides is 1. The standard InChI is InChI=1S/C19H25ClN4O6S/c1-19(2,3)17(18(28)21-4)23-12-11(14(26)15(12)27)22-10-8-7-9(20)16(13(10)25)31(29,30)24(5)6/h7-8,17,22-23,25H,1-6H3,(H,21,28). The summed E-state index contributed by atoms with van der Waals surface area (Å²) >= 11 is 5.98. The van der Waals surface area contributed by atoms with Crippen molar-refractivity contribution in [2.24, 2.45) is 5.41 Å². The van der Waals surface area contributed by atoms with Crippen LogP contribution < -0.4 is 26.8 Å². The molecule has 170 valence electrons. The maximum atomic E-state index is 12.5. The van der Waals surface area contributed by atoms with Gasteiger partial charge in [-0.3, -0.25) is 14.4 Å². The van der Waals surface area contributed by atoms with E-state index in [1.165, 1.54) is 33.3 Å². The molecule has 12 heteroatoms. The summed E-state index contributed by atoms with van der Waals surface area (Å²) in [6, 6.07) is 1.67. The van der Waals surface area contributed by atoms with Crippen LogP contribution >= 0.6 is 11.6 Å². The highest BCUT2D eigenvalue weighted by Gasteiger charge is 2.35. The van der Waals surface area contributed by atoms with Crippen LogP contribution in [0.2, 0.25) is 5.02 Å². The maximum Gasteiger partial charge on any atom is 0.253 e. The summed E-state index contributed by atoms with van der Waals surface area (Å²) in [5.74, 6) is -1.10. The second kappa shape index (κ2) is 8.48. The van der Waals surface area contributed by atoms with Gasteiger partial charge in [0.1, 0.15) is 22.3 Å². The van der Waals surface area contributed by atoms with Crippen molar-refractivity contribution in [1.82, 2.24) is 9.62 Å². The van der Waals surface area contributed by atoms with E-state index in [0.29, 0.717) is 0 Å². The summed E-state index contributed by atoms with van der Waals surface area (Å²) in [6.45, 7) is 5.34. The number of hydrogen-bond acceptors (Lipinski definition) is 8. The van der Waals surface area contributed by atoms with Crippen LogP contribution in [-0.4, -0.2) is 50.9 Å². The first-order valence-electron chi connectivity index (χ1n) is 9.17. The Labute approximate surface area is 185 Å². The number of aromatic hydroxyl groups is 1. The van der Waals surface area contributed by atoms with Gasteiger partial charge in [-0.05, 0) is 17.5 Å². The van der Waals surface area contributed by atoms with Gasteiger partial charge in [-0.15, -0.1) is 0 Å². The van der Waals surface area contributed by atoms with Gasteiger partial charge in [-0.25, -0.2) is 12.7 Å². The van der Waals surface area contributed by atoms with Gasteiger partial charge in [0.15, 0.2) is 5.75 Å². The molecule has 10 nitrogen and oxygen atoms in total. The quantitative estimate of drug-likeness (QED) is 0.347. The molecule has 0 spiro atoms. The molecule has 2 rings (SSSR count). The number of likely N-dealkylation sites (N-methyl/N-ethyl adjacent to an activating group) is 1. The Kier molecular flexibility index (Phi) is 6.74. The van der Waals surface area contributed by atoms with Crippen molar-refractivity contribution in [1.29, 1.82) is 0 Å². The third-order valence-electron chi connectivity index (χ3n) is 4.66. The molecule has 0 aliphatic heterocycles. The Bertz CT molecular complexity index is 1190. The van der Waals surface area contributed by atoms with Crippen molar-refractivity contribution < 1.29 is 18.3 Å². The number of phenols is 1. The molecule has 0 aromatic heterocycles. The Morgan fingerprint density at radius 3 is 2.16 bits per heavy atom. The minimum absolute atomic E-state index is 0.139. The van der Waals surface area contributed by atoms with E-state index in [9.17, 15) is 27.9 Å². The Hall–Kier alpha value is -2.63. The zero-order valence-electron chi connectivity index (χ0n) is 18.0. The number of carbonyl (C=O) groups is 1. The molecule has 31 heavy (non-hydrogen) atoms. The van der Waals surface area contributed by atoms with Crippen LogP contribution in [-0.2, 0) is 14.8 Å². The number of anilines is 3. The van der Waals surface area contributed by atoms with Gasteiger partial charge >= 0.3 is 0 Å². The highest BCUT2D eigenvalue weighted by molar-refractivity contribution is 7.89. The normalized spacial score (nSPS) is 13.3. The molecule has 0 saturated carbocycles. The lowest BCUT2D eigenvalue weighted by Crippen LogP contribution is -2.49. The van der Waals surface area contributed by atoms with E-state index in [1.807, 2.05) is 0 Å². The van der Waals surface area contributed by atoms with Crippen molar-refractivity contribution >= 4 is 44.6 Å². The number of nitrogens with zero attached hydrogens (tertiary/aromatic N) is 1. The fourth-order valence-corrected chi connectivity index (χ4v) is 4.30. The lowest BCUT2D eigenvalue weighted by molar-refractivity contribution is -0.123. The predicted octanol–water partition coefficient (Wildman–Crippen LogP) is 1.21. The molecule has 0 radical (unpaired) electrons. The first-order chi connectivity index (χ1) is 14.1. The Balaban J connectivity index is 2.52. The van der Waals surface area contributed by atoms with Crippen LogP contribution in [0.3, 0.4) is 0 Å². The molecule has 4 N–H and O–H groups in total. The zero-order chi connectivity index (χ0) is 23.9. The van der Waals surface area contributed by atoms with E-state index in [1.54, 1.807) is 20.8 Å². The number of halogens is 1. The van der Waals surface area contributed by atoms with Gasteiger partial charge in [0.2, 0.25) is 15.9 Å². The van der Waals surface area contributed by atoms with Crippen LogP contribution in [0.5, 0.6) is 5.75 Å². The Morgan fingerprint density at radius 1 is 1.13 bits per heavy atom. The predicted molar refractivity (Wildman–Crippen MR) is 120 cm³/mol. The molecule has 1 amide bonds. The summed E-state index contributed by atoms with van der Waals surface area (Å²) in [7, 11) is -0.108. The first kappa shape index (κ1) is 24.6. The maximum absolute atomic E-state index is 12.5. The number of hydrogen-bond donors (Lipinski definition) is 4. The summed E-state index contributed by atoms with van der Waals surface area (Å²) in [5, 5.41) is 18.2. The van der Waals surface area contributed by atoms with E-state index >= 15 is 0 Å². The summed E-state index contributed by atoms with van der Waals surface area (Å²) in [4.78, 5) is 36.0. The van der Waals surface area contributed by atoms with Gasteiger partial charge in [-0.2, -0.15) is 0 Å². The van der Waals surface area contributed by atoms with Crippen LogP contribution in [0.4, 0.5) is 17.1 Å². The van der Waals surface area contributed by atoms with Crippen molar-refractivity contribution in [2.45, 2.75) is 31.7 Å². The number of carbonyl (C=O) groups excluding carboxylic acids is 1. The number of rotatable bonds is 7. The molecule has 1 unspecified atom stereocenters. The van der Waals surface area contributed by atoms with Gasteiger partial charge in [0.05, 0.1) is 10.7 Å². The number of phenolic OH excluding ortho intramolecular Hbond substituents is 1. The highest BCUT2D eigenvalue weighted by atomic mass is 35.5. The largest absolute Gasteiger partial charge is 0.504 e. The monoisotopic (exact) mass is 472 g/mol. The number of nitrogens with one attached hydrogen (secondary N) is 3. The van der Waals surface area contributed by atoms with Crippen molar-refractivity contribution in [3.05, 3.63) is 37.6 Å². The molecule has 0 saturated heterocycles. The summed E-state index contributed by atoms with van der Waals surface area (Å²) in [6.07, 6.45) is 0. The first-order valence-corrected chi connectivity index (χ1v) is 11.0. The van der Waals surface area contributed by atoms with Crippen molar-refractivity contribution in [3.63, 3.8) is 0 Å². The lowest BCUT2D eigenvalue weighted by Gasteiger charge is -2.31. The van der Waals surface area contributed by atoms with E-state index in [4.69, 9.17) is 11.6 Å². The molecule has 0 aliphatic carbocycles. The van der Waals surface area contributed by atoms with Crippen LogP contribution in [0.1, 0.15) is 20.8 Å². The minimum atomic E-state index is -4.10. The molecule has 0 bridgehead atoms. The van der Waals surface area contributed by atoms with E-state index in [-0.39, 0.29) is 28.0 Å². The fraction of sp³-hybridized carbons (Fsp3) is 0.421. The second-order valence-corrected chi connectivity index (χ2v) is 10.6. The van der Waals surface area contributed by atoms with Gasteiger partial charge in [0.25, 0.3) is 10.9 Å². The third kappa shape index (κ3) is 4.53. The number of benzene rings is 1. The molecule has 2 aromatic carbocycles. The second-order valence-electron chi connectivity index (χ2n) is 8.15. The third-order valence-corrected chi connectivity index (χ3v) is 6.97. The Morgan fingerprint density at radius 2 is 1.68 bits per heavy atom. The average molecular weight is 473 g/mol. The topological polar surface area (TPSA) is 145 Å². The van der Waals surface area contributed by atoms with E-state index in [0.717, 1.165) is 4.31 Å². The molecular formula is C19H25ClN4O6S. The van der Waals surface area contributed by atoms with Crippen LogP contribution in [0.15, 0.2) is 26.6 Å². The minimum Gasteiger partial charge on any atom is -0.504 e. The number of sulfonamides is 1. The molecule has 0 heterocycles. The molecular weight excluding hydrogens is 448 g/mol. The molecule has 0 fully saturated rings. The van der Waals surface area contributed by atoms with E-state index < -0.39 is 43.0 Å². The summed E-state index contributed by atoms with van der Waals surface area (Å²) < 4.78 is 25.9. The van der Waals surface area contributed by atoms with Crippen molar-refractivity contribution in [3.8, 4) is 5.75 Å². The summed E-state index contributed by atoms with van der Waals surface area (Å²) in [5.41, 5.74) is -2.80. The molecule has 1 atom stereocenters. The molecule has 2 aromatic rings. The smallest absolute Gasteiger partial charge is 0.253 e.